The first-order valence-corrected chi connectivity index (χ1v) is 10.3. The Morgan fingerprint density at radius 2 is 1.83 bits per heavy atom. The van der Waals surface area contributed by atoms with Gasteiger partial charge in [-0.15, -0.1) is 0 Å². The molecular weight excluding hydrogens is 374 g/mol. The van der Waals surface area contributed by atoms with Gasteiger partial charge >= 0.3 is 0 Å². The predicted molar refractivity (Wildman–Crippen MR) is 119 cm³/mol. The van der Waals surface area contributed by atoms with Crippen LogP contribution in [0.4, 0.5) is 0 Å². The summed E-state index contributed by atoms with van der Waals surface area (Å²) in [6.45, 7) is 2.46. The van der Waals surface area contributed by atoms with Gasteiger partial charge in [0.05, 0.1) is 0 Å². The number of pyridine rings is 1. The molecule has 1 aliphatic heterocycles. The van der Waals surface area contributed by atoms with Crippen LogP contribution in [0.15, 0.2) is 71.7 Å². The van der Waals surface area contributed by atoms with Gasteiger partial charge in [0.2, 0.25) is 0 Å². The molecule has 0 atom stereocenters. The molecule has 30 heavy (non-hydrogen) atoms. The van der Waals surface area contributed by atoms with Gasteiger partial charge in [0.25, 0.3) is 5.56 Å². The third kappa shape index (κ3) is 3.31. The molecule has 0 saturated carbocycles. The summed E-state index contributed by atoms with van der Waals surface area (Å²) < 4.78 is 9.78. The lowest BCUT2D eigenvalue weighted by Gasteiger charge is -2.23. The molecule has 0 radical (unpaired) electrons. The summed E-state index contributed by atoms with van der Waals surface area (Å²) in [7, 11) is 4.29. The van der Waals surface area contributed by atoms with Crippen molar-refractivity contribution in [2.75, 3.05) is 13.6 Å². The highest BCUT2D eigenvalue weighted by molar-refractivity contribution is 5.87. The first-order chi connectivity index (χ1) is 14.6. The summed E-state index contributed by atoms with van der Waals surface area (Å²) in [5.74, 6) is 0.583. The van der Waals surface area contributed by atoms with Crippen molar-refractivity contribution in [3.05, 3.63) is 94.0 Å². The zero-order chi connectivity index (χ0) is 20.7. The number of fused-ring (bicyclic) bond motifs is 3. The number of hydrogen-bond acceptors (Lipinski definition) is 3. The summed E-state index contributed by atoms with van der Waals surface area (Å²) in [4.78, 5) is 15.2. The highest BCUT2D eigenvalue weighted by Crippen LogP contribution is 2.31. The SMILES string of the molecule is CN1CCc2c(c3cc(-n4ccc(OCc5ccccc5)cc4=O)ccc3n2C)C1. The Morgan fingerprint density at radius 1 is 1.00 bits per heavy atom. The second-order valence-electron chi connectivity index (χ2n) is 8.02. The first-order valence-electron chi connectivity index (χ1n) is 10.3. The number of ether oxygens (including phenoxy) is 1. The Balaban J connectivity index is 1.46. The fourth-order valence-electron chi connectivity index (χ4n) is 4.36. The van der Waals surface area contributed by atoms with E-state index in [4.69, 9.17) is 4.74 Å². The number of rotatable bonds is 4. The summed E-state index contributed by atoms with van der Waals surface area (Å²) in [5.41, 5.74) is 5.85. The van der Waals surface area contributed by atoms with Crippen molar-refractivity contribution in [3.63, 3.8) is 0 Å². The molecule has 0 spiro atoms. The number of aryl methyl sites for hydroxylation is 1. The number of nitrogens with zero attached hydrogens (tertiary/aromatic N) is 3. The van der Waals surface area contributed by atoms with Crippen molar-refractivity contribution in [2.24, 2.45) is 7.05 Å². The maximum absolute atomic E-state index is 12.8. The molecule has 0 aliphatic carbocycles. The maximum Gasteiger partial charge on any atom is 0.258 e. The van der Waals surface area contributed by atoms with E-state index in [1.54, 1.807) is 16.8 Å². The van der Waals surface area contributed by atoms with Gasteiger partial charge in [-0.3, -0.25) is 9.36 Å². The average Bonchev–Trinajstić information content (AvgIpc) is 3.04. The Hall–Kier alpha value is -3.31. The van der Waals surface area contributed by atoms with Crippen LogP contribution in [0.2, 0.25) is 0 Å². The monoisotopic (exact) mass is 399 g/mol. The van der Waals surface area contributed by atoms with Crippen molar-refractivity contribution in [1.82, 2.24) is 14.0 Å². The molecule has 152 valence electrons. The van der Waals surface area contributed by atoms with Crippen molar-refractivity contribution in [3.8, 4) is 11.4 Å². The molecule has 5 heteroatoms. The minimum Gasteiger partial charge on any atom is -0.489 e. The van der Waals surface area contributed by atoms with Gasteiger partial charge in [-0.25, -0.2) is 0 Å². The van der Waals surface area contributed by atoms with Gasteiger partial charge in [-0.1, -0.05) is 30.3 Å². The molecule has 0 saturated heterocycles. The fraction of sp³-hybridized carbons (Fsp3) is 0.240. The van der Waals surface area contributed by atoms with E-state index in [2.05, 4.69) is 35.7 Å². The molecule has 2 aromatic heterocycles. The fourth-order valence-corrected chi connectivity index (χ4v) is 4.36. The van der Waals surface area contributed by atoms with Gasteiger partial charge in [0.1, 0.15) is 12.4 Å². The maximum atomic E-state index is 12.8. The molecule has 0 N–H and O–H groups in total. The Labute approximate surface area is 175 Å². The normalized spacial score (nSPS) is 14.1. The van der Waals surface area contributed by atoms with Crippen LogP contribution in [0.3, 0.4) is 0 Å². The molecule has 0 unspecified atom stereocenters. The topological polar surface area (TPSA) is 39.4 Å². The molecule has 0 fully saturated rings. The van der Waals surface area contributed by atoms with Crippen LogP contribution >= 0.6 is 0 Å². The van der Waals surface area contributed by atoms with E-state index in [-0.39, 0.29) is 5.56 Å². The third-order valence-electron chi connectivity index (χ3n) is 6.00. The first kappa shape index (κ1) is 18.7. The van der Waals surface area contributed by atoms with E-state index in [1.807, 2.05) is 42.5 Å². The van der Waals surface area contributed by atoms with E-state index in [0.717, 1.165) is 30.8 Å². The second kappa shape index (κ2) is 7.50. The zero-order valence-corrected chi connectivity index (χ0v) is 17.3. The summed E-state index contributed by atoms with van der Waals surface area (Å²) in [5, 5.41) is 1.23. The van der Waals surface area contributed by atoms with Crippen LogP contribution in [-0.4, -0.2) is 27.6 Å². The van der Waals surface area contributed by atoms with Gasteiger partial charge < -0.3 is 14.2 Å². The largest absolute Gasteiger partial charge is 0.489 e. The number of benzene rings is 2. The molecule has 0 bridgehead atoms. The lowest BCUT2D eigenvalue weighted by Crippen LogP contribution is -2.26. The number of aromatic nitrogens is 2. The summed E-state index contributed by atoms with van der Waals surface area (Å²) in [6.07, 6.45) is 2.85. The molecule has 2 aromatic carbocycles. The third-order valence-corrected chi connectivity index (χ3v) is 6.00. The van der Waals surface area contributed by atoms with Crippen LogP contribution in [0.25, 0.3) is 16.6 Å². The minimum absolute atomic E-state index is 0.0955. The minimum atomic E-state index is -0.0955. The Morgan fingerprint density at radius 3 is 2.63 bits per heavy atom. The lowest BCUT2D eigenvalue weighted by atomic mass is 10.0. The highest BCUT2D eigenvalue weighted by atomic mass is 16.5. The Bertz CT molecular complexity index is 1270. The summed E-state index contributed by atoms with van der Waals surface area (Å²) >= 11 is 0. The van der Waals surface area contributed by atoms with Crippen LogP contribution in [0.5, 0.6) is 5.75 Å². The van der Waals surface area contributed by atoms with Crippen LogP contribution in [0.1, 0.15) is 16.8 Å². The van der Waals surface area contributed by atoms with Crippen molar-refractivity contribution < 1.29 is 4.74 Å². The zero-order valence-electron chi connectivity index (χ0n) is 17.3. The molecule has 0 amide bonds. The number of hydrogen-bond donors (Lipinski definition) is 0. The summed E-state index contributed by atoms with van der Waals surface area (Å²) in [6, 6.07) is 19.6. The average molecular weight is 399 g/mol. The van der Waals surface area contributed by atoms with Gasteiger partial charge in [-0.05, 0) is 42.4 Å². The molecule has 3 heterocycles. The molecule has 4 aromatic rings. The molecule has 1 aliphatic rings. The smallest absolute Gasteiger partial charge is 0.258 e. The van der Waals surface area contributed by atoms with Crippen LogP contribution in [0, 0.1) is 0 Å². The molecule has 5 nitrogen and oxygen atoms in total. The Kier molecular flexibility index (Phi) is 4.68. The van der Waals surface area contributed by atoms with Gasteiger partial charge in [0.15, 0.2) is 0 Å². The molecular formula is C25H25N3O2. The van der Waals surface area contributed by atoms with Gasteiger partial charge in [0, 0.05) is 61.1 Å². The van der Waals surface area contributed by atoms with Crippen molar-refractivity contribution in [2.45, 2.75) is 19.6 Å². The standard InChI is InChI=1S/C25H25N3O2/c1-26-12-11-24-22(16-26)21-14-19(8-9-23(21)27(24)2)28-13-10-20(15-25(28)29)30-17-18-6-4-3-5-7-18/h3-10,13-15H,11-12,16-17H2,1-2H3. The van der Waals surface area contributed by atoms with E-state index >= 15 is 0 Å². The van der Waals surface area contributed by atoms with Crippen LogP contribution < -0.4 is 10.3 Å². The van der Waals surface area contributed by atoms with Crippen molar-refractivity contribution >= 4 is 10.9 Å². The van der Waals surface area contributed by atoms with E-state index in [0.29, 0.717) is 12.4 Å². The molecule has 5 rings (SSSR count). The lowest BCUT2D eigenvalue weighted by molar-refractivity contribution is 0.305. The number of likely N-dealkylation sites (N-methyl/N-ethyl adjacent to an activating group) is 1. The van der Waals surface area contributed by atoms with Crippen molar-refractivity contribution in [1.29, 1.82) is 0 Å². The van der Waals surface area contributed by atoms with Gasteiger partial charge in [-0.2, -0.15) is 0 Å². The van der Waals surface area contributed by atoms with E-state index in [1.165, 1.54) is 22.2 Å². The quantitative estimate of drug-likeness (QED) is 0.523. The van der Waals surface area contributed by atoms with Crippen LogP contribution in [-0.2, 0) is 26.6 Å². The highest BCUT2D eigenvalue weighted by Gasteiger charge is 2.21. The second-order valence-corrected chi connectivity index (χ2v) is 8.02. The van der Waals surface area contributed by atoms with E-state index < -0.39 is 0 Å². The predicted octanol–water partition coefficient (Wildman–Crippen LogP) is 3.90. The van der Waals surface area contributed by atoms with E-state index in [9.17, 15) is 4.79 Å².